The number of carbonyl (C=O) groups is 3. The zero-order valence-corrected chi connectivity index (χ0v) is 13.0. The second-order valence-electron chi connectivity index (χ2n) is 5.01. The SMILES string of the molecule is CCCOc1ccc(CCC(=O)O)cc1NC(=O)CCC(=O)O. The largest absolute Gasteiger partial charge is 0.491 e. The molecule has 0 aliphatic heterocycles. The highest BCUT2D eigenvalue weighted by molar-refractivity contribution is 5.93. The first-order chi connectivity index (χ1) is 10.9. The number of carboxylic acid groups (broad SMARTS) is 2. The normalized spacial score (nSPS) is 10.1. The molecule has 126 valence electrons. The molecule has 0 aromatic heterocycles. The molecule has 0 saturated carbocycles. The van der Waals surface area contributed by atoms with Gasteiger partial charge >= 0.3 is 11.9 Å². The van der Waals surface area contributed by atoms with Crippen LogP contribution in [-0.4, -0.2) is 34.7 Å². The lowest BCUT2D eigenvalue weighted by Crippen LogP contribution is -2.14. The maximum Gasteiger partial charge on any atom is 0.303 e. The Morgan fingerprint density at radius 1 is 1.09 bits per heavy atom. The Labute approximate surface area is 134 Å². The molecule has 23 heavy (non-hydrogen) atoms. The van der Waals surface area contributed by atoms with Gasteiger partial charge in [-0.25, -0.2) is 0 Å². The topological polar surface area (TPSA) is 113 Å². The van der Waals surface area contributed by atoms with Crippen molar-refractivity contribution >= 4 is 23.5 Å². The van der Waals surface area contributed by atoms with Crippen molar-refractivity contribution in [2.24, 2.45) is 0 Å². The predicted molar refractivity (Wildman–Crippen MR) is 83.7 cm³/mol. The zero-order chi connectivity index (χ0) is 17.2. The van der Waals surface area contributed by atoms with E-state index in [0.717, 1.165) is 12.0 Å². The van der Waals surface area contributed by atoms with Crippen molar-refractivity contribution in [1.82, 2.24) is 0 Å². The number of benzene rings is 1. The Morgan fingerprint density at radius 3 is 2.39 bits per heavy atom. The van der Waals surface area contributed by atoms with E-state index in [0.29, 0.717) is 24.5 Å². The first-order valence-corrected chi connectivity index (χ1v) is 7.41. The van der Waals surface area contributed by atoms with Gasteiger partial charge in [0.25, 0.3) is 0 Å². The van der Waals surface area contributed by atoms with Crippen molar-refractivity contribution in [2.75, 3.05) is 11.9 Å². The Hall–Kier alpha value is -2.57. The van der Waals surface area contributed by atoms with E-state index in [-0.39, 0.29) is 19.3 Å². The molecule has 0 radical (unpaired) electrons. The van der Waals surface area contributed by atoms with Crippen LogP contribution in [0.5, 0.6) is 5.75 Å². The molecule has 0 fully saturated rings. The molecule has 0 saturated heterocycles. The number of hydrogen-bond acceptors (Lipinski definition) is 4. The first kappa shape index (κ1) is 18.5. The third-order valence-corrected chi connectivity index (χ3v) is 2.97. The van der Waals surface area contributed by atoms with E-state index in [2.05, 4.69) is 5.32 Å². The average Bonchev–Trinajstić information content (AvgIpc) is 2.50. The Morgan fingerprint density at radius 2 is 1.78 bits per heavy atom. The van der Waals surface area contributed by atoms with Gasteiger partial charge in [0.1, 0.15) is 5.75 Å². The lowest BCUT2D eigenvalue weighted by atomic mass is 10.1. The van der Waals surface area contributed by atoms with Crippen LogP contribution in [0.25, 0.3) is 0 Å². The highest BCUT2D eigenvalue weighted by Crippen LogP contribution is 2.27. The third kappa shape index (κ3) is 7.30. The van der Waals surface area contributed by atoms with E-state index in [1.54, 1.807) is 18.2 Å². The number of carbonyl (C=O) groups excluding carboxylic acids is 1. The van der Waals surface area contributed by atoms with E-state index in [1.165, 1.54) is 0 Å². The monoisotopic (exact) mass is 323 g/mol. The summed E-state index contributed by atoms with van der Waals surface area (Å²) in [5, 5.41) is 20.0. The molecule has 7 nitrogen and oxygen atoms in total. The minimum atomic E-state index is -1.04. The van der Waals surface area contributed by atoms with Crippen molar-refractivity contribution in [3.8, 4) is 5.75 Å². The number of aryl methyl sites for hydroxylation is 1. The summed E-state index contributed by atoms with van der Waals surface area (Å²) < 4.78 is 5.55. The summed E-state index contributed by atoms with van der Waals surface area (Å²) in [4.78, 5) is 32.9. The Kier molecular flexibility index (Phi) is 7.59. The van der Waals surface area contributed by atoms with Crippen molar-refractivity contribution in [1.29, 1.82) is 0 Å². The number of anilines is 1. The van der Waals surface area contributed by atoms with Crippen LogP contribution in [0.2, 0.25) is 0 Å². The van der Waals surface area contributed by atoms with Gasteiger partial charge in [-0.2, -0.15) is 0 Å². The lowest BCUT2D eigenvalue weighted by Gasteiger charge is -2.13. The van der Waals surface area contributed by atoms with Gasteiger partial charge < -0.3 is 20.3 Å². The van der Waals surface area contributed by atoms with Gasteiger partial charge in [-0.3, -0.25) is 14.4 Å². The minimum absolute atomic E-state index is 0.0123. The minimum Gasteiger partial charge on any atom is -0.491 e. The van der Waals surface area contributed by atoms with Crippen LogP contribution in [0.1, 0.15) is 38.2 Å². The standard InChI is InChI=1S/C16H21NO6/c1-2-9-23-13-5-3-11(4-7-15(19)20)10-12(13)17-14(18)6-8-16(21)22/h3,5,10H,2,4,6-9H2,1H3,(H,17,18)(H,19,20)(H,21,22). The summed E-state index contributed by atoms with van der Waals surface area (Å²) in [5.74, 6) is -1.89. The van der Waals surface area contributed by atoms with Gasteiger partial charge in [0.2, 0.25) is 5.91 Å². The number of rotatable bonds is 10. The summed E-state index contributed by atoms with van der Waals surface area (Å²) >= 11 is 0. The van der Waals surface area contributed by atoms with Crippen LogP contribution in [0.15, 0.2) is 18.2 Å². The van der Waals surface area contributed by atoms with Crippen molar-refractivity contribution in [3.63, 3.8) is 0 Å². The van der Waals surface area contributed by atoms with Crippen LogP contribution >= 0.6 is 0 Å². The maximum absolute atomic E-state index is 11.8. The molecule has 0 atom stereocenters. The van der Waals surface area contributed by atoms with Gasteiger partial charge in [0, 0.05) is 12.8 Å². The fourth-order valence-electron chi connectivity index (χ4n) is 1.85. The molecule has 1 rings (SSSR count). The Balaban J connectivity index is 2.84. The molecular weight excluding hydrogens is 302 g/mol. The van der Waals surface area contributed by atoms with Crippen molar-refractivity contribution < 1.29 is 29.3 Å². The molecule has 0 aliphatic carbocycles. The molecule has 0 spiro atoms. The van der Waals surface area contributed by atoms with Gasteiger partial charge in [-0.15, -0.1) is 0 Å². The smallest absolute Gasteiger partial charge is 0.303 e. The molecule has 1 aromatic carbocycles. The van der Waals surface area contributed by atoms with Crippen LogP contribution in [-0.2, 0) is 20.8 Å². The van der Waals surface area contributed by atoms with E-state index in [1.807, 2.05) is 6.92 Å². The van der Waals surface area contributed by atoms with Gasteiger partial charge in [-0.05, 0) is 30.5 Å². The summed E-state index contributed by atoms with van der Waals surface area (Å²) in [6, 6.07) is 5.09. The second kappa shape index (κ2) is 9.45. The number of nitrogens with one attached hydrogen (secondary N) is 1. The summed E-state index contributed by atoms with van der Waals surface area (Å²) in [5.41, 5.74) is 1.18. The van der Waals surface area contributed by atoms with Crippen LogP contribution in [0, 0.1) is 0 Å². The van der Waals surface area contributed by atoms with E-state index in [4.69, 9.17) is 14.9 Å². The predicted octanol–water partition coefficient (Wildman–Crippen LogP) is 2.30. The van der Waals surface area contributed by atoms with Crippen molar-refractivity contribution in [2.45, 2.75) is 39.0 Å². The molecule has 0 unspecified atom stereocenters. The molecule has 0 heterocycles. The average molecular weight is 323 g/mol. The second-order valence-corrected chi connectivity index (χ2v) is 5.01. The highest BCUT2D eigenvalue weighted by atomic mass is 16.5. The van der Waals surface area contributed by atoms with E-state index < -0.39 is 17.8 Å². The van der Waals surface area contributed by atoms with Crippen LogP contribution in [0.3, 0.4) is 0 Å². The highest BCUT2D eigenvalue weighted by Gasteiger charge is 2.11. The molecule has 1 amide bonds. The molecular formula is C16H21NO6. The molecule has 3 N–H and O–H groups in total. The van der Waals surface area contributed by atoms with Gasteiger partial charge in [-0.1, -0.05) is 13.0 Å². The lowest BCUT2D eigenvalue weighted by molar-refractivity contribution is -0.138. The Bertz CT molecular complexity index is 570. The van der Waals surface area contributed by atoms with E-state index in [9.17, 15) is 14.4 Å². The number of ether oxygens (including phenoxy) is 1. The number of amides is 1. The summed E-state index contributed by atoms with van der Waals surface area (Å²) in [6.45, 7) is 2.43. The van der Waals surface area contributed by atoms with Gasteiger partial charge in [0.15, 0.2) is 0 Å². The molecule has 7 heteroatoms. The first-order valence-electron chi connectivity index (χ1n) is 7.41. The van der Waals surface area contributed by atoms with Crippen LogP contribution < -0.4 is 10.1 Å². The zero-order valence-electron chi connectivity index (χ0n) is 13.0. The fraction of sp³-hybridized carbons (Fsp3) is 0.438. The van der Waals surface area contributed by atoms with Gasteiger partial charge in [0.05, 0.1) is 18.7 Å². The molecule has 0 aliphatic rings. The number of hydrogen-bond donors (Lipinski definition) is 3. The van der Waals surface area contributed by atoms with Crippen molar-refractivity contribution in [3.05, 3.63) is 23.8 Å². The van der Waals surface area contributed by atoms with E-state index >= 15 is 0 Å². The summed E-state index contributed by atoms with van der Waals surface area (Å²) in [6.07, 6.45) is 0.730. The number of carboxylic acids is 2. The maximum atomic E-state index is 11.8. The fourth-order valence-corrected chi connectivity index (χ4v) is 1.85. The summed E-state index contributed by atoms with van der Waals surface area (Å²) in [7, 11) is 0. The molecule has 0 bridgehead atoms. The van der Waals surface area contributed by atoms with Crippen LogP contribution in [0.4, 0.5) is 5.69 Å². The third-order valence-electron chi connectivity index (χ3n) is 2.97. The quantitative estimate of drug-likeness (QED) is 0.609. The molecule has 1 aromatic rings. The number of aliphatic carboxylic acids is 2.